The van der Waals surface area contributed by atoms with Crippen LogP contribution in [-0.2, 0) is 9.53 Å². The number of rotatable bonds is 4. The van der Waals surface area contributed by atoms with Crippen LogP contribution in [0.15, 0.2) is 11.6 Å². The molecule has 1 aliphatic rings. The van der Waals surface area contributed by atoms with Gasteiger partial charge in [-0.05, 0) is 13.3 Å². The molecule has 0 saturated carbocycles. The molecule has 1 amide bonds. The summed E-state index contributed by atoms with van der Waals surface area (Å²) in [5, 5.41) is 0. The second-order valence-electron chi connectivity index (χ2n) is 3.50. The first-order valence-corrected chi connectivity index (χ1v) is 4.95. The lowest BCUT2D eigenvalue weighted by atomic mass is 10.1. The second-order valence-corrected chi connectivity index (χ2v) is 3.50. The van der Waals surface area contributed by atoms with Gasteiger partial charge in [0, 0.05) is 19.6 Å². The van der Waals surface area contributed by atoms with E-state index in [0.717, 1.165) is 19.5 Å². The van der Waals surface area contributed by atoms with Crippen LogP contribution in [0, 0.1) is 0 Å². The molecule has 0 radical (unpaired) electrons. The zero-order valence-corrected chi connectivity index (χ0v) is 8.66. The molecule has 0 unspecified atom stereocenters. The van der Waals surface area contributed by atoms with Gasteiger partial charge in [-0.1, -0.05) is 11.6 Å². The van der Waals surface area contributed by atoms with Gasteiger partial charge in [0.2, 0.25) is 5.91 Å². The molecule has 1 rings (SSSR count). The number of nitrogens with two attached hydrogens (primary N) is 1. The first-order chi connectivity index (χ1) is 6.74. The van der Waals surface area contributed by atoms with Gasteiger partial charge in [0.05, 0.1) is 6.61 Å². The smallest absolute Gasteiger partial charge is 0.248 e. The Morgan fingerprint density at radius 1 is 1.71 bits per heavy atom. The molecule has 0 atom stereocenters. The lowest BCUT2D eigenvalue weighted by Crippen LogP contribution is -2.38. The van der Waals surface area contributed by atoms with E-state index in [2.05, 4.69) is 6.08 Å². The van der Waals surface area contributed by atoms with Gasteiger partial charge in [-0.3, -0.25) is 4.79 Å². The van der Waals surface area contributed by atoms with E-state index >= 15 is 0 Å². The van der Waals surface area contributed by atoms with E-state index in [-0.39, 0.29) is 12.5 Å². The van der Waals surface area contributed by atoms with E-state index < -0.39 is 0 Å². The van der Waals surface area contributed by atoms with Gasteiger partial charge < -0.3 is 15.4 Å². The van der Waals surface area contributed by atoms with Crippen molar-refractivity contribution in [3.63, 3.8) is 0 Å². The van der Waals surface area contributed by atoms with Crippen molar-refractivity contribution in [3.05, 3.63) is 11.6 Å². The van der Waals surface area contributed by atoms with Crippen LogP contribution in [-0.4, -0.2) is 43.7 Å². The summed E-state index contributed by atoms with van der Waals surface area (Å²) in [5.41, 5.74) is 6.51. The lowest BCUT2D eigenvalue weighted by molar-refractivity contribution is -0.135. The number of hydrogen-bond acceptors (Lipinski definition) is 3. The topological polar surface area (TPSA) is 55.6 Å². The predicted octanol–water partition coefficient (Wildman–Crippen LogP) is 0.140. The van der Waals surface area contributed by atoms with Gasteiger partial charge in [-0.25, -0.2) is 0 Å². The van der Waals surface area contributed by atoms with Gasteiger partial charge in [-0.15, -0.1) is 0 Å². The van der Waals surface area contributed by atoms with Crippen LogP contribution in [0.1, 0.15) is 13.3 Å². The van der Waals surface area contributed by atoms with Crippen molar-refractivity contribution >= 4 is 5.91 Å². The summed E-state index contributed by atoms with van der Waals surface area (Å²) in [7, 11) is 0. The van der Waals surface area contributed by atoms with Crippen molar-refractivity contribution in [3.8, 4) is 0 Å². The Labute approximate surface area is 84.7 Å². The van der Waals surface area contributed by atoms with E-state index in [0.29, 0.717) is 13.2 Å². The average molecular weight is 198 g/mol. The van der Waals surface area contributed by atoms with Gasteiger partial charge in [-0.2, -0.15) is 0 Å². The molecule has 0 aromatic rings. The fourth-order valence-electron chi connectivity index (χ4n) is 1.46. The summed E-state index contributed by atoms with van der Waals surface area (Å²) in [6.07, 6.45) is 3.12. The Hall–Kier alpha value is -0.870. The zero-order valence-electron chi connectivity index (χ0n) is 8.66. The van der Waals surface area contributed by atoms with Crippen LogP contribution in [0.5, 0.6) is 0 Å². The molecule has 2 N–H and O–H groups in total. The number of carbonyl (C=O) groups excluding carboxylic acids is 1. The highest BCUT2D eigenvalue weighted by Gasteiger charge is 2.15. The lowest BCUT2D eigenvalue weighted by Gasteiger charge is -2.26. The Balaban J connectivity index is 2.27. The van der Waals surface area contributed by atoms with Gasteiger partial charge in [0.25, 0.3) is 0 Å². The molecule has 4 nitrogen and oxygen atoms in total. The van der Waals surface area contributed by atoms with E-state index in [1.54, 1.807) is 0 Å². The minimum atomic E-state index is 0.0610. The number of amides is 1. The molecular weight excluding hydrogens is 180 g/mol. The quantitative estimate of drug-likeness (QED) is 0.516. The number of ether oxygens (including phenoxy) is 1. The highest BCUT2D eigenvalue weighted by molar-refractivity contribution is 5.77. The molecule has 14 heavy (non-hydrogen) atoms. The summed E-state index contributed by atoms with van der Waals surface area (Å²) < 4.78 is 5.10. The summed E-state index contributed by atoms with van der Waals surface area (Å²) in [4.78, 5) is 13.4. The molecule has 0 aromatic carbocycles. The van der Waals surface area contributed by atoms with E-state index in [4.69, 9.17) is 10.5 Å². The standard InChI is InChI=1S/C10H18N2O2/c1-9-3-2-5-12(7-9)10(13)8-14-6-4-11/h3H,2,4-8,11H2,1H3. The Morgan fingerprint density at radius 2 is 2.50 bits per heavy atom. The number of hydrogen-bond donors (Lipinski definition) is 1. The molecule has 0 aliphatic carbocycles. The SMILES string of the molecule is CC1=CCCN(C(=O)COCCN)C1. The van der Waals surface area contributed by atoms with Gasteiger partial charge >= 0.3 is 0 Å². The minimum Gasteiger partial charge on any atom is -0.370 e. The molecule has 1 heterocycles. The first-order valence-electron chi connectivity index (χ1n) is 4.95. The fourth-order valence-corrected chi connectivity index (χ4v) is 1.46. The summed E-state index contributed by atoms with van der Waals surface area (Å²) >= 11 is 0. The van der Waals surface area contributed by atoms with Crippen molar-refractivity contribution in [1.82, 2.24) is 4.90 Å². The predicted molar refractivity (Wildman–Crippen MR) is 54.8 cm³/mol. The maximum Gasteiger partial charge on any atom is 0.248 e. The van der Waals surface area contributed by atoms with Gasteiger partial charge in [0.15, 0.2) is 0 Å². The maximum atomic E-state index is 11.6. The second kappa shape index (κ2) is 5.78. The number of carbonyl (C=O) groups is 1. The third kappa shape index (κ3) is 3.47. The normalized spacial score (nSPS) is 16.7. The van der Waals surface area contributed by atoms with Crippen molar-refractivity contribution < 1.29 is 9.53 Å². The Kier molecular flexibility index (Phi) is 4.62. The van der Waals surface area contributed by atoms with E-state index in [1.807, 2.05) is 11.8 Å². The van der Waals surface area contributed by atoms with Gasteiger partial charge in [0.1, 0.15) is 6.61 Å². The third-order valence-corrected chi connectivity index (χ3v) is 2.17. The largest absolute Gasteiger partial charge is 0.370 e. The van der Waals surface area contributed by atoms with Crippen molar-refractivity contribution in [2.24, 2.45) is 5.73 Å². The molecular formula is C10H18N2O2. The average Bonchev–Trinajstić information content (AvgIpc) is 2.18. The summed E-state index contributed by atoms with van der Waals surface area (Å²) in [6, 6.07) is 0. The molecule has 4 heteroatoms. The van der Waals surface area contributed by atoms with Crippen LogP contribution in [0.25, 0.3) is 0 Å². The Morgan fingerprint density at radius 3 is 3.14 bits per heavy atom. The van der Waals surface area contributed by atoms with Crippen molar-refractivity contribution in [1.29, 1.82) is 0 Å². The van der Waals surface area contributed by atoms with E-state index in [1.165, 1.54) is 5.57 Å². The van der Waals surface area contributed by atoms with Crippen LogP contribution in [0.2, 0.25) is 0 Å². The van der Waals surface area contributed by atoms with E-state index in [9.17, 15) is 4.79 Å². The van der Waals surface area contributed by atoms with Crippen LogP contribution in [0.4, 0.5) is 0 Å². The van der Waals surface area contributed by atoms with Crippen molar-refractivity contribution in [2.75, 3.05) is 32.8 Å². The monoisotopic (exact) mass is 198 g/mol. The zero-order chi connectivity index (χ0) is 10.4. The Bertz CT molecular complexity index is 226. The third-order valence-electron chi connectivity index (χ3n) is 2.17. The maximum absolute atomic E-state index is 11.6. The van der Waals surface area contributed by atoms with Crippen LogP contribution < -0.4 is 5.73 Å². The summed E-state index contributed by atoms with van der Waals surface area (Å²) in [6.45, 7) is 4.66. The molecule has 0 spiro atoms. The van der Waals surface area contributed by atoms with Crippen LogP contribution >= 0.6 is 0 Å². The minimum absolute atomic E-state index is 0.0610. The number of nitrogens with zero attached hydrogens (tertiary/aromatic N) is 1. The molecule has 0 saturated heterocycles. The molecule has 0 fully saturated rings. The van der Waals surface area contributed by atoms with Crippen molar-refractivity contribution in [2.45, 2.75) is 13.3 Å². The highest BCUT2D eigenvalue weighted by Crippen LogP contribution is 2.08. The fraction of sp³-hybridized carbons (Fsp3) is 0.700. The molecule has 0 aromatic heterocycles. The molecule has 1 aliphatic heterocycles. The first kappa shape index (κ1) is 11.2. The molecule has 80 valence electrons. The molecule has 0 bridgehead atoms. The van der Waals surface area contributed by atoms with Crippen LogP contribution in [0.3, 0.4) is 0 Å². The highest BCUT2D eigenvalue weighted by atomic mass is 16.5. The summed E-state index contributed by atoms with van der Waals surface area (Å²) in [5.74, 6) is 0.0610.